The standard InChI is InChI=1S/C24H18ClN5O3S/c1-13-7-3-4-8-15(13)21-28-22(33-29-21)20-14(2)19-23(34-20)26-12-30(24(19)32)11-18(31)27-17-10-6-5-9-16(17)25/h3-10,12H,11H2,1-2H3,(H,27,31). The molecule has 1 N–H and O–H groups in total. The maximum atomic E-state index is 13.2. The number of aryl methyl sites for hydroxylation is 2. The third-order valence-corrected chi connectivity index (χ3v) is 6.90. The van der Waals surface area contributed by atoms with E-state index in [1.54, 1.807) is 24.3 Å². The molecule has 0 saturated heterocycles. The highest BCUT2D eigenvalue weighted by atomic mass is 35.5. The van der Waals surface area contributed by atoms with Crippen molar-refractivity contribution in [3.8, 4) is 22.2 Å². The molecule has 0 aliphatic carbocycles. The van der Waals surface area contributed by atoms with Crippen molar-refractivity contribution >= 4 is 44.7 Å². The number of nitrogens with one attached hydrogen (secondary N) is 1. The normalized spacial score (nSPS) is 11.1. The zero-order valence-electron chi connectivity index (χ0n) is 18.2. The molecule has 3 heterocycles. The Balaban J connectivity index is 1.46. The first-order chi connectivity index (χ1) is 16.4. The molecule has 0 unspecified atom stereocenters. The van der Waals surface area contributed by atoms with Crippen molar-refractivity contribution in [3.05, 3.63) is 81.4 Å². The Morgan fingerprint density at radius 3 is 2.71 bits per heavy atom. The summed E-state index contributed by atoms with van der Waals surface area (Å²) < 4.78 is 6.79. The van der Waals surface area contributed by atoms with Crippen LogP contribution < -0.4 is 10.9 Å². The number of rotatable bonds is 5. The van der Waals surface area contributed by atoms with E-state index in [1.165, 1.54) is 22.2 Å². The summed E-state index contributed by atoms with van der Waals surface area (Å²) in [5.41, 5.74) is 2.74. The second-order valence-corrected chi connectivity index (χ2v) is 9.09. The van der Waals surface area contributed by atoms with Crippen LogP contribution in [0.4, 0.5) is 5.69 Å². The predicted octanol–water partition coefficient (Wildman–Crippen LogP) is 5.08. The summed E-state index contributed by atoms with van der Waals surface area (Å²) in [4.78, 5) is 35.8. The van der Waals surface area contributed by atoms with Crippen molar-refractivity contribution in [2.75, 3.05) is 5.32 Å². The van der Waals surface area contributed by atoms with E-state index in [0.29, 0.717) is 43.1 Å². The predicted molar refractivity (Wildman–Crippen MR) is 132 cm³/mol. The van der Waals surface area contributed by atoms with Crippen molar-refractivity contribution in [1.29, 1.82) is 0 Å². The fraction of sp³-hybridized carbons (Fsp3) is 0.125. The van der Waals surface area contributed by atoms with Crippen molar-refractivity contribution < 1.29 is 9.32 Å². The van der Waals surface area contributed by atoms with Crippen LogP contribution in [0.15, 0.2) is 64.2 Å². The number of hydrogen-bond donors (Lipinski definition) is 1. The summed E-state index contributed by atoms with van der Waals surface area (Å²) in [7, 11) is 0. The molecule has 170 valence electrons. The molecule has 0 aliphatic heterocycles. The Bertz CT molecular complexity index is 1600. The summed E-state index contributed by atoms with van der Waals surface area (Å²) in [6.45, 7) is 3.59. The van der Waals surface area contributed by atoms with Crippen LogP contribution in [-0.2, 0) is 11.3 Å². The van der Waals surface area contributed by atoms with E-state index in [4.69, 9.17) is 16.1 Å². The second kappa shape index (κ2) is 8.85. The minimum Gasteiger partial charge on any atom is -0.333 e. The smallest absolute Gasteiger partial charge is 0.268 e. The number of anilines is 1. The number of halogens is 1. The summed E-state index contributed by atoms with van der Waals surface area (Å²) in [6.07, 6.45) is 1.36. The average molecular weight is 492 g/mol. The number of aromatic nitrogens is 4. The molecule has 0 fully saturated rings. The molecule has 0 bridgehead atoms. The lowest BCUT2D eigenvalue weighted by Gasteiger charge is -2.08. The largest absolute Gasteiger partial charge is 0.333 e. The second-order valence-electron chi connectivity index (χ2n) is 7.68. The van der Waals surface area contributed by atoms with Crippen LogP contribution in [0.5, 0.6) is 0 Å². The fourth-order valence-corrected chi connectivity index (χ4v) is 4.88. The van der Waals surface area contributed by atoms with Gasteiger partial charge in [0.05, 0.1) is 27.3 Å². The lowest BCUT2D eigenvalue weighted by Crippen LogP contribution is -2.27. The highest BCUT2D eigenvalue weighted by Gasteiger charge is 2.21. The first-order valence-corrected chi connectivity index (χ1v) is 11.5. The Kier molecular flexibility index (Phi) is 5.72. The average Bonchev–Trinajstić information content (AvgIpc) is 3.43. The lowest BCUT2D eigenvalue weighted by molar-refractivity contribution is -0.116. The summed E-state index contributed by atoms with van der Waals surface area (Å²) in [5.74, 6) is 0.414. The van der Waals surface area contributed by atoms with Gasteiger partial charge in [-0.2, -0.15) is 4.98 Å². The zero-order chi connectivity index (χ0) is 23.8. The number of nitrogens with zero attached hydrogens (tertiary/aromatic N) is 4. The molecule has 5 rings (SSSR count). The van der Waals surface area contributed by atoms with Gasteiger partial charge in [-0.05, 0) is 37.1 Å². The van der Waals surface area contributed by atoms with E-state index in [-0.39, 0.29) is 18.0 Å². The topological polar surface area (TPSA) is 103 Å². The van der Waals surface area contributed by atoms with Gasteiger partial charge in [0, 0.05) is 5.56 Å². The van der Waals surface area contributed by atoms with Crippen LogP contribution in [0.25, 0.3) is 32.4 Å². The summed E-state index contributed by atoms with van der Waals surface area (Å²) in [5, 5.41) is 7.66. The summed E-state index contributed by atoms with van der Waals surface area (Å²) >= 11 is 7.40. The number of fused-ring (bicyclic) bond motifs is 1. The van der Waals surface area contributed by atoms with Crippen LogP contribution in [0.2, 0.25) is 5.02 Å². The maximum Gasteiger partial charge on any atom is 0.268 e. The summed E-state index contributed by atoms with van der Waals surface area (Å²) in [6, 6.07) is 14.7. The van der Waals surface area contributed by atoms with Gasteiger partial charge in [-0.15, -0.1) is 11.3 Å². The van der Waals surface area contributed by atoms with E-state index >= 15 is 0 Å². The highest BCUT2D eigenvalue weighted by molar-refractivity contribution is 7.22. The third-order valence-electron chi connectivity index (χ3n) is 5.39. The first-order valence-electron chi connectivity index (χ1n) is 10.4. The van der Waals surface area contributed by atoms with Crippen LogP contribution in [0, 0.1) is 13.8 Å². The maximum absolute atomic E-state index is 13.2. The Hall–Kier alpha value is -3.82. The Morgan fingerprint density at radius 2 is 1.91 bits per heavy atom. The van der Waals surface area contributed by atoms with Gasteiger partial charge in [-0.25, -0.2) is 4.98 Å². The van der Waals surface area contributed by atoms with Crippen LogP contribution in [0.3, 0.4) is 0 Å². The highest BCUT2D eigenvalue weighted by Crippen LogP contribution is 2.35. The van der Waals surface area contributed by atoms with Gasteiger partial charge in [-0.1, -0.05) is 53.2 Å². The van der Waals surface area contributed by atoms with E-state index in [2.05, 4.69) is 20.4 Å². The third kappa shape index (κ3) is 4.00. The fourth-order valence-electron chi connectivity index (χ4n) is 3.63. The zero-order valence-corrected chi connectivity index (χ0v) is 19.8. The number of benzene rings is 2. The number of thiophene rings is 1. The van der Waals surface area contributed by atoms with Gasteiger partial charge in [0.25, 0.3) is 11.4 Å². The van der Waals surface area contributed by atoms with E-state index in [1.807, 2.05) is 38.1 Å². The molecular weight excluding hydrogens is 474 g/mol. The number of hydrogen-bond acceptors (Lipinski definition) is 7. The van der Waals surface area contributed by atoms with E-state index in [0.717, 1.165) is 11.1 Å². The number of carbonyl (C=O) groups is 1. The van der Waals surface area contributed by atoms with Gasteiger partial charge in [-0.3, -0.25) is 14.2 Å². The van der Waals surface area contributed by atoms with E-state index < -0.39 is 0 Å². The quantitative estimate of drug-likeness (QED) is 0.367. The molecule has 3 aromatic heterocycles. The van der Waals surface area contributed by atoms with Gasteiger partial charge in [0.15, 0.2) is 0 Å². The molecule has 0 spiro atoms. The SMILES string of the molecule is Cc1ccccc1-c1noc(-c2sc3ncn(CC(=O)Nc4ccccc4Cl)c(=O)c3c2C)n1. The molecular formula is C24H18ClN5O3S. The lowest BCUT2D eigenvalue weighted by atomic mass is 10.1. The monoisotopic (exact) mass is 491 g/mol. The van der Waals surface area contributed by atoms with Gasteiger partial charge < -0.3 is 9.84 Å². The molecule has 0 aliphatic rings. The van der Waals surface area contributed by atoms with Gasteiger partial charge >= 0.3 is 0 Å². The van der Waals surface area contributed by atoms with Gasteiger partial charge in [0.1, 0.15) is 11.4 Å². The molecule has 8 nitrogen and oxygen atoms in total. The molecule has 1 amide bonds. The molecule has 34 heavy (non-hydrogen) atoms. The van der Waals surface area contributed by atoms with E-state index in [9.17, 15) is 9.59 Å². The Labute approximate surface area is 202 Å². The van der Waals surface area contributed by atoms with Gasteiger partial charge in [0.2, 0.25) is 11.7 Å². The van der Waals surface area contributed by atoms with Crippen molar-refractivity contribution in [2.24, 2.45) is 0 Å². The first kappa shape index (κ1) is 22.0. The molecule has 2 aromatic carbocycles. The molecule has 0 radical (unpaired) electrons. The number of para-hydroxylation sites is 1. The molecule has 0 atom stereocenters. The molecule has 10 heteroatoms. The van der Waals surface area contributed by atoms with Crippen LogP contribution in [0.1, 0.15) is 11.1 Å². The number of amides is 1. The minimum atomic E-state index is -0.385. The van der Waals surface area contributed by atoms with Crippen molar-refractivity contribution in [2.45, 2.75) is 20.4 Å². The minimum absolute atomic E-state index is 0.199. The van der Waals surface area contributed by atoms with Crippen LogP contribution in [-0.4, -0.2) is 25.6 Å². The number of carbonyl (C=O) groups excluding carboxylic acids is 1. The van der Waals surface area contributed by atoms with Crippen LogP contribution >= 0.6 is 22.9 Å². The van der Waals surface area contributed by atoms with Crippen molar-refractivity contribution in [1.82, 2.24) is 19.7 Å². The van der Waals surface area contributed by atoms with Crippen molar-refractivity contribution in [3.63, 3.8) is 0 Å². The molecule has 5 aromatic rings. The molecule has 0 saturated carbocycles. The Morgan fingerprint density at radius 1 is 1.15 bits per heavy atom.